The van der Waals surface area contributed by atoms with Crippen LogP contribution in [0.4, 0.5) is 11.4 Å². The van der Waals surface area contributed by atoms with Crippen LogP contribution in [-0.4, -0.2) is 23.6 Å². The van der Waals surface area contributed by atoms with Gasteiger partial charge in [-0.05, 0) is 36.9 Å². The second-order valence-electron chi connectivity index (χ2n) is 5.54. The van der Waals surface area contributed by atoms with E-state index in [0.29, 0.717) is 16.4 Å². The standard InChI is InChI=1S/C17H17N3O3S/c1-12-10-15(21)18-13-6-2-3-7-14(13)20(12)16(22)11-24-17-8-4-5-9-19(17)23/h2-9,12H,10-11H2,1H3,(H,18,21)/t12-/m1/s1. The molecule has 1 aliphatic rings. The second-order valence-corrected chi connectivity index (χ2v) is 6.53. The number of fused-ring (bicyclic) bond motifs is 1. The van der Waals surface area contributed by atoms with Gasteiger partial charge < -0.3 is 15.4 Å². The van der Waals surface area contributed by atoms with E-state index >= 15 is 0 Å². The van der Waals surface area contributed by atoms with Crippen molar-refractivity contribution in [1.82, 2.24) is 0 Å². The fraction of sp³-hybridized carbons (Fsp3) is 0.235. The number of rotatable bonds is 3. The third-order valence-electron chi connectivity index (χ3n) is 3.76. The highest BCUT2D eigenvalue weighted by atomic mass is 32.2. The number of pyridine rings is 1. The van der Waals surface area contributed by atoms with Gasteiger partial charge in [0.25, 0.3) is 5.03 Å². The molecular formula is C17H17N3O3S. The summed E-state index contributed by atoms with van der Waals surface area (Å²) in [4.78, 5) is 26.4. The third-order valence-corrected chi connectivity index (χ3v) is 4.76. The van der Waals surface area contributed by atoms with Gasteiger partial charge in [0.05, 0.1) is 17.1 Å². The molecule has 6 nitrogen and oxygen atoms in total. The molecule has 24 heavy (non-hydrogen) atoms. The highest BCUT2D eigenvalue weighted by Gasteiger charge is 2.29. The van der Waals surface area contributed by atoms with Crippen LogP contribution >= 0.6 is 11.8 Å². The van der Waals surface area contributed by atoms with E-state index < -0.39 is 0 Å². The third kappa shape index (κ3) is 3.35. The monoisotopic (exact) mass is 343 g/mol. The van der Waals surface area contributed by atoms with Gasteiger partial charge in [-0.25, -0.2) is 0 Å². The van der Waals surface area contributed by atoms with Gasteiger partial charge >= 0.3 is 0 Å². The van der Waals surface area contributed by atoms with Gasteiger partial charge in [-0.2, -0.15) is 4.73 Å². The largest absolute Gasteiger partial charge is 0.618 e. The van der Waals surface area contributed by atoms with Crippen molar-refractivity contribution >= 4 is 35.0 Å². The van der Waals surface area contributed by atoms with Crippen LogP contribution in [0.15, 0.2) is 53.7 Å². The lowest BCUT2D eigenvalue weighted by Crippen LogP contribution is -2.40. The Morgan fingerprint density at radius 3 is 2.88 bits per heavy atom. The van der Waals surface area contributed by atoms with Gasteiger partial charge in [0, 0.05) is 24.6 Å². The van der Waals surface area contributed by atoms with Crippen LogP contribution < -0.4 is 14.9 Å². The quantitative estimate of drug-likeness (QED) is 0.526. The van der Waals surface area contributed by atoms with E-state index in [-0.39, 0.29) is 30.0 Å². The average Bonchev–Trinajstić information content (AvgIpc) is 2.68. The normalized spacial score (nSPS) is 17.0. The zero-order chi connectivity index (χ0) is 17.1. The molecule has 0 spiro atoms. The molecule has 124 valence electrons. The maximum Gasteiger partial charge on any atom is 0.251 e. The molecule has 0 radical (unpaired) electrons. The minimum absolute atomic E-state index is 0.113. The molecule has 0 aliphatic carbocycles. The Balaban J connectivity index is 1.83. The van der Waals surface area contributed by atoms with E-state index in [2.05, 4.69) is 5.32 Å². The summed E-state index contributed by atoms with van der Waals surface area (Å²) in [6.07, 6.45) is 1.64. The number of hydrogen-bond acceptors (Lipinski definition) is 4. The number of thioether (sulfide) groups is 1. The van der Waals surface area contributed by atoms with Gasteiger partial charge in [0.15, 0.2) is 6.20 Å². The minimum Gasteiger partial charge on any atom is -0.618 e. The molecule has 2 aromatic rings. The van der Waals surface area contributed by atoms with Crippen molar-refractivity contribution in [2.45, 2.75) is 24.4 Å². The Hall–Kier alpha value is -2.54. The maximum atomic E-state index is 12.8. The van der Waals surface area contributed by atoms with E-state index in [0.717, 1.165) is 4.73 Å². The molecule has 0 saturated heterocycles. The lowest BCUT2D eigenvalue weighted by Gasteiger charge is -2.27. The lowest BCUT2D eigenvalue weighted by molar-refractivity contribution is -0.645. The summed E-state index contributed by atoms with van der Waals surface area (Å²) < 4.78 is 0.739. The smallest absolute Gasteiger partial charge is 0.251 e. The van der Waals surface area contributed by atoms with Crippen molar-refractivity contribution in [2.75, 3.05) is 16.0 Å². The van der Waals surface area contributed by atoms with E-state index in [4.69, 9.17) is 0 Å². The summed E-state index contributed by atoms with van der Waals surface area (Å²) in [5.74, 6) is -0.127. The fourth-order valence-corrected chi connectivity index (χ4v) is 3.47. The molecule has 2 heterocycles. The lowest BCUT2D eigenvalue weighted by atomic mass is 10.2. The summed E-state index contributed by atoms with van der Waals surface area (Å²) in [5.41, 5.74) is 1.31. The summed E-state index contributed by atoms with van der Waals surface area (Å²) in [5, 5.41) is 15.0. The van der Waals surface area contributed by atoms with E-state index in [1.54, 1.807) is 29.2 Å². The first-order chi connectivity index (χ1) is 11.6. The fourth-order valence-electron chi connectivity index (χ4n) is 2.70. The highest BCUT2D eigenvalue weighted by molar-refractivity contribution is 7.99. The van der Waals surface area contributed by atoms with Crippen LogP contribution in [0.25, 0.3) is 0 Å². The highest BCUT2D eigenvalue weighted by Crippen LogP contribution is 2.32. The first kappa shape index (κ1) is 16.3. The maximum absolute atomic E-state index is 12.8. The number of para-hydroxylation sites is 2. The Morgan fingerprint density at radius 2 is 2.08 bits per heavy atom. The van der Waals surface area contributed by atoms with Gasteiger partial charge in [0.1, 0.15) is 0 Å². The molecule has 0 fully saturated rings. The molecule has 1 aromatic heterocycles. The average molecular weight is 343 g/mol. The van der Waals surface area contributed by atoms with Crippen LogP contribution in [0, 0.1) is 5.21 Å². The number of carbonyl (C=O) groups excluding carboxylic acids is 2. The van der Waals surface area contributed by atoms with Crippen molar-refractivity contribution in [3.8, 4) is 0 Å². The number of aromatic nitrogens is 1. The molecule has 1 N–H and O–H groups in total. The van der Waals surface area contributed by atoms with Crippen molar-refractivity contribution in [2.24, 2.45) is 0 Å². The van der Waals surface area contributed by atoms with Gasteiger partial charge in [0.2, 0.25) is 11.8 Å². The first-order valence-electron chi connectivity index (χ1n) is 7.58. The summed E-state index contributed by atoms with van der Waals surface area (Å²) in [7, 11) is 0. The first-order valence-corrected chi connectivity index (χ1v) is 8.57. The molecule has 2 amide bonds. The van der Waals surface area contributed by atoms with Crippen molar-refractivity contribution in [3.63, 3.8) is 0 Å². The molecule has 7 heteroatoms. The van der Waals surface area contributed by atoms with E-state index in [1.807, 2.05) is 25.1 Å². The molecule has 3 rings (SSSR count). The van der Waals surface area contributed by atoms with Gasteiger partial charge in [-0.15, -0.1) is 0 Å². The van der Waals surface area contributed by atoms with Crippen molar-refractivity contribution < 1.29 is 14.3 Å². The molecule has 1 atom stereocenters. The number of anilines is 2. The number of carbonyl (C=O) groups is 2. The van der Waals surface area contributed by atoms with Crippen LogP contribution in [0.1, 0.15) is 13.3 Å². The Labute approximate surface area is 144 Å². The SMILES string of the molecule is C[C@@H]1CC(=O)Nc2ccccc2N1C(=O)CSc1cccc[n+]1[O-]. The van der Waals surface area contributed by atoms with Gasteiger partial charge in [-0.3, -0.25) is 9.59 Å². The number of amides is 2. The molecule has 1 aliphatic heterocycles. The van der Waals surface area contributed by atoms with Crippen LogP contribution in [0.2, 0.25) is 0 Å². The zero-order valence-corrected chi connectivity index (χ0v) is 14.0. The zero-order valence-electron chi connectivity index (χ0n) is 13.1. The number of benzene rings is 1. The minimum atomic E-state index is -0.253. The van der Waals surface area contributed by atoms with Crippen molar-refractivity contribution in [1.29, 1.82) is 0 Å². The number of hydrogen-bond donors (Lipinski definition) is 1. The Kier molecular flexibility index (Phi) is 4.71. The second kappa shape index (κ2) is 6.92. The van der Waals surface area contributed by atoms with Crippen molar-refractivity contribution in [3.05, 3.63) is 53.9 Å². The van der Waals surface area contributed by atoms with Gasteiger partial charge in [-0.1, -0.05) is 12.1 Å². The number of nitrogens with one attached hydrogen (secondary N) is 1. The van der Waals surface area contributed by atoms with Crippen LogP contribution in [-0.2, 0) is 9.59 Å². The number of nitrogens with zero attached hydrogens (tertiary/aromatic N) is 2. The summed E-state index contributed by atoms with van der Waals surface area (Å²) in [6.45, 7) is 1.85. The van der Waals surface area contributed by atoms with Crippen LogP contribution in [0.3, 0.4) is 0 Å². The molecule has 0 saturated carbocycles. The van der Waals surface area contributed by atoms with E-state index in [1.165, 1.54) is 18.0 Å². The molecular weight excluding hydrogens is 326 g/mol. The topological polar surface area (TPSA) is 76.4 Å². The Morgan fingerprint density at radius 1 is 1.33 bits per heavy atom. The predicted octanol–water partition coefficient (Wildman–Crippen LogP) is 2.18. The molecule has 1 aromatic carbocycles. The Bertz CT molecular complexity index is 781. The predicted molar refractivity (Wildman–Crippen MR) is 92.8 cm³/mol. The van der Waals surface area contributed by atoms with Crippen LogP contribution in [0.5, 0.6) is 0 Å². The summed E-state index contributed by atoms with van der Waals surface area (Å²) in [6, 6.07) is 12.1. The molecule has 0 bridgehead atoms. The molecule has 0 unspecified atom stereocenters. The van der Waals surface area contributed by atoms with E-state index in [9.17, 15) is 14.8 Å². The summed E-state index contributed by atoms with van der Waals surface area (Å²) >= 11 is 1.19.